The van der Waals surface area contributed by atoms with Crippen LogP contribution in [0.5, 0.6) is 0 Å². The van der Waals surface area contributed by atoms with Crippen LogP contribution >= 0.6 is 0 Å². The lowest BCUT2D eigenvalue weighted by Crippen LogP contribution is -2.63. The zero-order valence-electron chi connectivity index (χ0n) is 9.89. The summed E-state index contributed by atoms with van der Waals surface area (Å²) in [5, 5.41) is 2.22. The van der Waals surface area contributed by atoms with E-state index in [9.17, 15) is 22.8 Å². The van der Waals surface area contributed by atoms with Gasteiger partial charge in [0.25, 0.3) is 5.91 Å². The molecule has 8 heteroatoms. The molecule has 17 heavy (non-hydrogen) atoms. The van der Waals surface area contributed by atoms with Crippen molar-refractivity contribution < 1.29 is 22.8 Å². The molecule has 1 atom stereocenters. The molecule has 0 aromatic rings. The number of nitrogens with zero attached hydrogens (tertiary/aromatic N) is 1. The molecule has 0 spiro atoms. The summed E-state index contributed by atoms with van der Waals surface area (Å²) in [6.45, 7) is 1.57. The second-order valence-electron chi connectivity index (χ2n) is 3.69. The molecule has 0 aromatic heterocycles. The van der Waals surface area contributed by atoms with Crippen molar-refractivity contribution in [2.45, 2.75) is 25.6 Å². The molecule has 0 saturated heterocycles. The summed E-state index contributed by atoms with van der Waals surface area (Å²) in [6.07, 6.45) is -4.86. The molecule has 2 amide bonds. The molecule has 0 aliphatic carbocycles. The average molecular weight is 255 g/mol. The predicted octanol–water partition coefficient (Wildman–Crippen LogP) is -0.139. The first-order valence-electron chi connectivity index (χ1n) is 4.93. The Labute approximate surface area is 97.1 Å². The van der Waals surface area contributed by atoms with Crippen molar-refractivity contribution >= 4 is 11.8 Å². The molecular weight excluding hydrogens is 239 g/mol. The number of nitrogens with two attached hydrogens (primary N) is 1. The number of hydrogen-bond donors (Lipinski definition) is 2. The second-order valence-corrected chi connectivity index (χ2v) is 3.69. The summed E-state index contributed by atoms with van der Waals surface area (Å²) in [7, 11) is 1.33. The fourth-order valence-corrected chi connectivity index (χ4v) is 1.03. The van der Waals surface area contributed by atoms with Crippen molar-refractivity contribution in [2.75, 3.05) is 20.1 Å². The van der Waals surface area contributed by atoms with E-state index in [1.165, 1.54) is 14.0 Å². The summed E-state index contributed by atoms with van der Waals surface area (Å²) in [5.74, 6) is -1.88. The molecule has 0 saturated carbocycles. The number of hydrogen-bond acceptors (Lipinski definition) is 3. The number of amides is 2. The van der Waals surface area contributed by atoms with Crippen LogP contribution in [0.15, 0.2) is 0 Å². The smallest absolute Gasteiger partial charge is 0.358 e. The second kappa shape index (κ2) is 5.35. The summed E-state index contributed by atoms with van der Waals surface area (Å²) < 4.78 is 37.6. The van der Waals surface area contributed by atoms with Crippen LogP contribution < -0.4 is 11.1 Å². The van der Waals surface area contributed by atoms with Crippen molar-refractivity contribution in [1.29, 1.82) is 0 Å². The summed E-state index contributed by atoms with van der Waals surface area (Å²) in [4.78, 5) is 23.4. The lowest BCUT2D eigenvalue weighted by Gasteiger charge is -2.32. The molecule has 0 heterocycles. The lowest BCUT2D eigenvalue weighted by molar-refractivity contribution is -0.193. The third-order valence-corrected chi connectivity index (χ3v) is 2.32. The van der Waals surface area contributed by atoms with E-state index < -0.39 is 30.1 Å². The van der Waals surface area contributed by atoms with Gasteiger partial charge in [-0.3, -0.25) is 9.59 Å². The van der Waals surface area contributed by atoms with Crippen LogP contribution in [-0.2, 0) is 9.59 Å². The fourth-order valence-electron chi connectivity index (χ4n) is 1.03. The molecular formula is C9H16F3N3O2. The molecule has 100 valence electrons. The molecule has 1 unspecified atom stereocenters. The van der Waals surface area contributed by atoms with Gasteiger partial charge in [-0.25, -0.2) is 0 Å². The van der Waals surface area contributed by atoms with Crippen molar-refractivity contribution in [2.24, 2.45) is 5.73 Å². The van der Waals surface area contributed by atoms with E-state index >= 15 is 0 Å². The van der Waals surface area contributed by atoms with Gasteiger partial charge in [-0.2, -0.15) is 13.2 Å². The maximum Gasteiger partial charge on any atom is 0.415 e. The Morgan fingerprint density at radius 3 is 2.12 bits per heavy atom. The quantitative estimate of drug-likeness (QED) is 0.734. The Bertz CT molecular complexity index is 302. The van der Waals surface area contributed by atoms with Gasteiger partial charge in [0.2, 0.25) is 5.91 Å². The molecule has 5 nitrogen and oxygen atoms in total. The highest BCUT2D eigenvalue weighted by molar-refractivity contribution is 5.90. The number of alkyl halides is 3. The minimum absolute atomic E-state index is 0.0326. The minimum atomic E-state index is -4.86. The van der Waals surface area contributed by atoms with Crippen LogP contribution in [0, 0.1) is 0 Å². The largest absolute Gasteiger partial charge is 0.415 e. The molecule has 0 fully saturated rings. The Morgan fingerprint density at radius 2 is 1.82 bits per heavy atom. The first kappa shape index (κ1) is 15.7. The highest BCUT2D eigenvalue weighted by Gasteiger charge is 2.55. The zero-order valence-corrected chi connectivity index (χ0v) is 9.89. The molecule has 0 aliphatic rings. The Hall–Kier alpha value is -1.31. The van der Waals surface area contributed by atoms with E-state index in [-0.39, 0.29) is 6.54 Å². The van der Waals surface area contributed by atoms with Gasteiger partial charge in [0.05, 0.1) is 6.54 Å². The monoisotopic (exact) mass is 255 g/mol. The van der Waals surface area contributed by atoms with Gasteiger partial charge in [-0.15, -0.1) is 0 Å². The standard InChI is InChI=1S/C9H16F3N3O2/c1-4-15(5-6(16)14-3)7(17)8(2,13)9(10,11)12/h4-5,13H2,1-3H3,(H,14,16). The third kappa shape index (κ3) is 3.58. The summed E-state index contributed by atoms with van der Waals surface area (Å²) in [5.41, 5.74) is 1.99. The van der Waals surface area contributed by atoms with Gasteiger partial charge in [0.15, 0.2) is 5.54 Å². The highest BCUT2D eigenvalue weighted by Crippen LogP contribution is 2.29. The van der Waals surface area contributed by atoms with Crippen LogP contribution in [0.25, 0.3) is 0 Å². The number of likely N-dealkylation sites (N-methyl/N-ethyl adjacent to an activating group) is 2. The number of halogens is 3. The molecule has 0 aliphatic heterocycles. The zero-order chi connectivity index (χ0) is 13.9. The van der Waals surface area contributed by atoms with E-state index in [2.05, 4.69) is 5.32 Å². The van der Waals surface area contributed by atoms with E-state index in [0.717, 1.165) is 4.90 Å². The Kier molecular flexibility index (Phi) is 4.94. The maximum atomic E-state index is 12.5. The van der Waals surface area contributed by atoms with Gasteiger partial charge in [-0.1, -0.05) is 0 Å². The number of carbonyl (C=O) groups is 2. The van der Waals surface area contributed by atoms with Crippen molar-refractivity contribution in [3.63, 3.8) is 0 Å². The number of carbonyl (C=O) groups excluding carboxylic acids is 2. The van der Waals surface area contributed by atoms with Crippen molar-refractivity contribution in [3.8, 4) is 0 Å². The van der Waals surface area contributed by atoms with Gasteiger partial charge in [-0.05, 0) is 13.8 Å². The van der Waals surface area contributed by atoms with Crippen LogP contribution in [0.1, 0.15) is 13.8 Å². The third-order valence-electron chi connectivity index (χ3n) is 2.32. The Morgan fingerprint density at radius 1 is 1.35 bits per heavy atom. The first-order valence-corrected chi connectivity index (χ1v) is 4.93. The van der Waals surface area contributed by atoms with Gasteiger partial charge in [0.1, 0.15) is 0 Å². The van der Waals surface area contributed by atoms with Crippen LogP contribution in [0.3, 0.4) is 0 Å². The van der Waals surface area contributed by atoms with E-state index in [1.54, 1.807) is 0 Å². The lowest BCUT2D eigenvalue weighted by atomic mass is 10.0. The van der Waals surface area contributed by atoms with Crippen molar-refractivity contribution in [3.05, 3.63) is 0 Å². The number of rotatable bonds is 4. The van der Waals surface area contributed by atoms with Crippen LogP contribution in [-0.4, -0.2) is 48.6 Å². The molecule has 0 radical (unpaired) electrons. The van der Waals surface area contributed by atoms with Gasteiger partial charge in [0, 0.05) is 13.6 Å². The number of nitrogens with one attached hydrogen (secondary N) is 1. The highest BCUT2D eigenvalue weighted by atomic mass is 19.4. The van der Waals surface area contributed by atoms with Crippen LogP contribution in [0.4, 0.5) is 13.2 Å². The molecule has 0 bridgehead atoms. The van der Waals surface area contributed by atoms with Crippen LogP contribution in [0.2, 0.25) is 0 Å². The van der Waals surface area contributed by atoms with Crippen molar-refractivity contribution in [1.82, 2.24) is 10.2 Å². The average Bonchev–Trinajstić information content (AvgIpc) is 2.22. The Balaban J connectivity index is 4.93. The van der Waals surface area contributed by atoms with E-state index in [4.69, 9.17) is 5.73 Å². The summed E-state index contributed by atoms with van der Waals surface area (Å²) >= 11 is 0. The summed E-state index contributed by atoms with van der Waals surface area (Å²) in [6, 6.07) is 0. The van der Waals surface area contributed by atoms with Gasteiger partial charge < -0.3 is 16.0 Å². The SMILES string of the molecule is CCN(CC(=O)NC)C(=O)C(C)(N)C(F)(F)F. The molecule has 0 aromatic carbocycles. The molecule has 0 rings (SSSR count). The first-order chi connectivity index (χ1) is 7.57. The fraction of sp³-hybridized carbons (Fsp3) is 0.778. The molecule has 3 N–H and O–H groups in total. The maximum absolute atomic E-state index is 12.5. The van der Waals surface area contributed by atoms with E-state index in [0.29, 0.717) is 6.92 Å². The van der Waals surface area contributed by atoms with E-state index in [1.807, 2.05) is 0 Å². The predicted molar refractivity (Wildman–Crippen MR) is 55.0 cm³/mol. The topological polar surface area (TPSA) is 75.4 Å². The minimum Gasteiger partial charge on any atom is -0.358 e. The van der Waals surface area contributed by atoms with Gasteiger partial charge >= 0.3 is 6.18 Å². The normalized spacial score (nSPS) is 15.0.